The summed E-state index contributed by atoms with van der Waals surface area (Å²) in [6.45, 7) is 7.48. The first-order chi connectivity index (χ1) is 11.5. The molecular weight excluding hydrogens is 302 g/mol. The first-order valence-corrected chi connectivity index (χ1v) is 9.04. The predicted molar refractivity (Wildman–Crippen MR) is 95.0 cm³/mol. The first kappa shape index (κ1) is 17.1. The number of piperidine rings is 1. The molecule has 0 saturated carbocycles. The summed E-state index contributed by atoms with van der Waals surface area (Å²) < 4.78 is 0. The van der Waals surface area contributed by atoms with E-state index in [1.165, 1.54) is 11.3 Å². The van der Waals surface area contributed by atoms with Gasteiger partial charge in [0.2, 0.25) is 5.91 Å². The van der Waals surface area contributed by atoms with Crippen molar-refractivity contribution < 1.29 is 4.79 Å². The standard InChI is InChI=1S/C18H29N5O/c1-12(2)18(24)23-8-5-6-13(10-23)16-20-15-7-9-22(4)11-14(15)17(19-3)21-16/h12-13H,5-11H2,1-4H3,(H,19,20,21)/t13-/m1/s1. The zero-order valence-corrected chi connectivity index (χ0v) is 15.3. The Hall–Kier alpha value is -1.69. The van der Waals surface area contributed by atoms with Gasteiger partial charge < -0.3 is 15.1 Å². The van der Waals surface area contributed by atoms with Gasteiger partial charge in [0.15, 0.2) is 0 Å². The Labute approximate surface area is 144 Å². The van der Waals surface area contributed by atoms with E-state index in [2.05, 4.69) is 17.3 Å². The predicted octanol–water partition coefficient (Wildman–Crippen LogP) is 1.87. The van der Waals surface area contributed by atoms with E-state index < -0.39 is 0 Å². The molecule has 1 amide bonds. The van der Waals surface area contributed by atoms with Gasteiger partial charge in [-0.3, -0.25) is 4.79 Å². The minimum Gasteiger partial charge on any atom is -0.373 e. The van der Waals surface area contributed by atoms with E-state index in [1.54, 1.807) is 0 Å². The minimum absolute atomic E-state index is 0.0524. The monoisotopic (exact) mass is 331 g/mol. The average molecular weight is 331 g/mol. The van der Waals surface area contributed by atoms with Crippen molar-refractivity contribution >= 4 is 11.7 Å². The lowest BCUT2D eigenvalue weighted by Crippen LogP contribution is -2.41. The number of anilines is 1. The van der Waals surface area contributed by atoms with Crippen molar-refractivity contribution in [3.05, 3.63) is 17.1 Å². The van der Waals surface area contributed by atoms with Crippen molar-refractivity contribution in [1.82, 2.24) is 19.8 Å². The number of hydrogen-bond acceptors (Lipinski definition) is 5. The largest absolute Gasteiger partial charge is 0.373 e. The lowest BCUT2D eigenvalue weighted by molar-refractivity contribution is -0.135. The van der Waals surface area contributed by atoms with Crippen LogP contribution < -0.4 is 5.32 Å². The molecule has 0 aliphatic carbocycles. The number of likely N-dealkylation sites (N-methyl/N-ethyl adjacent to an activating group) is 1. The van der Waals surface area contributed by atoms with Gasteiger partial charge in [0, 0.05) is 57.0 Å². The number of amides is 1. The second-order valence-electron chi connectivity index (χ2n) is 7.37. The van der Waals surface area contributed by atoms with E-state index in [0.29, 0.717) is 0 Å². The van der Waals surface area contributed by atoms with Crippen LogP contribution in [0.15, 0.2) is 0 Å². The van der Waals surface area contributed by atoms with Crippen molar-refractivity contribution in [3.8, 4) is 0 Å². The number of carbonyl (C=O) groups excluding carboxylic acids is 1. The van der Waals surface area contributed by atoms with Crippen LogP contribution in [0, 0.1) is 5.92 Å². The summed E-state index contributed by atoms with van der Waals surface area (Å²) in [5.74, 6) is 2.40. The summed E-state index contributed by atoms with van der Waals surface area (Å²) in [6, 6.07) is 0. The Morgan fingerprint density at radius 3 is 2.79 bits per heavy atom. The molecule has 1 saturated heterocycles. The highest BCUT2D eigenvalue weighted by Crippen LogP contribution is 2.29. The molecule has 3 rings (SSSR count). The lowest BCUT2D eigenvalue weighted by atomic mass is 9.95. The van der Waals surface area contributed by atoms with Crippen molar-refractivity contribution in [3.63, 3.8) is 0 Å². The lowest BCUT2D eigenvalue weighted by Gasteiger charge is -2.34. The van der Waals surface area contributed by atoms with Crippen molar-refractivity contribution in [2.75, 3.05) is 39.0 Å². The third-order valence-electron chi connectivity index (χ3n) is 5.10. The number of hydrogen-bond donors (Lipinski definition) is 1. The number of fused-ring (bicyclic) bond motifs is 1. The zero-order chi connectivity index (χ0) is 17.3. The second kappa shape index (κ2) is 7.05. The van der Waals surface area contributed by atoms with Gasteiger partial charge in [-0.05, 0) is 19.9 Å². The Morgan fingerprint density at radius 2 is 2.08 bits per heavy atom. The second-order valence-corrected chi connectivity index (χ2v) is 7.37. The van der Waals surface area contributed by atoms with E-state index in [0.717, 1.165) is 57.1 Å². The minimum atomic E-state index is 0.0524. The molecule has 2 aliphatic heterocycles. The molecular formula is C18H29N5O. The van der Waals surface area contributed by atoms with Crippen LogP contribution in [0.2, 0.25) is 0 Å². The fourth-order valence-corrected chi connectivity index (χ4v) is 3.71. The zero-order valence-electron chi connectivity index (χ0n) is 15.3. The van der Waals surface area contributed by atoms with Crippen LogP contribution in [0.4, 0.5) is 5.82 Å². The third kappa shape index (κ3) is 3.38. The van der Waals surface area contributed by atoms with Gasteiger partial charge in [-0.15, -0.1) is 0 Å². The van der Waals surface area contributed by atoms with E-state index >= 15 is 0 Å². The fraction of sp³-hybridized carbons (Fsp3) is 0.722. The molecule has 0 radical (unpaired) electrons. The maximum absolute atomic E-state index is 12.3. The van der Waals surface area contributed by atoms with Crippen LogP contribution >= 0.6 is 0 Å². The number of nitrogens with zero attached hydrogens (tertiary/aromatic N) is 4. The SMILES string of the molecule is CNc1nc([C@@H]2CCCN(C(=O)C(C)C)C2)nc2c1CN(C)CC2. The van der Waals surface area contributed by atoms with Crippen molar-refractivity contribution in [2.24, 2.45) is 5.92 Å². The Kier molecular flexibility index (Phi) is 5.04. The van der Waals surface area contributed by atoms with E-state index in [-0.39, 0.29) is 17.7 Å². The van der Waals surface area contributed by atoms with E-state index in [1.807, 2.05) is 25.8 Å². The molecule has 0 spiro atoms. The van der Waals surface area contributed by atoms with E-state index in [4.69, 9.17) is 9.97 Å². The molecule has 1 aromatic heterocycles. The summed E-state index contributed by atoms with van der Waals surface area (Å²) in [5.41, 5.74) is 2.40. The fourth-order valence-electron chi connectivity index (χ4n) is 3.71. The summed E-state index contributed by atoms with van der Waals surface area (Å²) in [4.78, 5) is 26.3. The molecule has 6 heteroatoms. The third-order valence-corrected chi connectivity index (χ3v) is 5.10. The maximum atomic E-state index is 12.3. The summed E-state index contributed by atoms with van der Waals surface area (Å²) >= 11 is 0. The number of nitrogens with one attached hydrogen (secondary N) is 1. The number of carbonyl (C=O) groups is 1. The molecule has 24 heavy (non-hydrogen) atoms. The molecule has 0 bridgehead atoms. The molecule has 6 nitrogen and oxygen atoms in total. The number of likely N-dealkylation sites (tertiary alicyclic amines) is 1. The molecule has 3 heterocycles. The molecule has 1 fully saturated rings. The van der Waals surface area contributed by atoms with Crippen LogP contribution in [0.25, 0.3) is 0 Å². The van der Waals surface area contributed by atoms with Crippen LogP contribution in [0.5, 0.6) is 0 Å². The molecule has 2 aliphatic rings. The van der Waals surface area contributed by atoms with Gasteiger partial charge in [0.05, 0.1) is 5.69 Å². The van der Waals surface area contributed by atoms with Gasteiger partial charge in [-0.1, -0.05) is 13.8 Å². The molecule has 132 valence electrons. The van der Waals surface area contributed by atoms with Crippen LogP contribution in [-0.2, 0) is 17.8 Å². The van der Waals surface area contributed by atoms with Gasteiger partial charge in [0.1, 0.15) is 11.6 Å². The average Bonchev–Trinajstić information content (AvgIpc) is 2.60. The van der Waals surface area contributed by atoms with Gasteiger partial charge in [-0.2, -0.15) is 0 Å². The molecule has 1 aromatic rings. The van der Waals surface area contributed by atoms with Gasteiger partial charge in [-0.25, -0.2) is 9.97 Å². The highest BCUT2D eigenvalue weighted by molar-refractivity contribution is 5.78. The van der Waals surface area contributed by atoms with Crippen LogP contribution in [0.1, 0.15) is 49.7 Å². The number of rotatable bonds is 3. The Bertz CT molecular complexity index is 598. The van der Waals surface area contributed by atoms with Gasteiger partial charge >= 0.3 is 0 Å². The van der Waals surface area contributed by atoms with Crippen LogP contribution in [0.3, 0.4) is 0 Å². The Balaban J connectivity index is 1.85. The summed E-state index contributed by atoms with van der Waals surface area (Å²) in [6.07, 6.45) is 3.06. The smallest absolute Gasteiger partial charge is 0.225 e. The molecule has 1 N–H and O–H groups in total. The van der Waals surface area contributed by atoms with Gasteiger partial charge in [0.25, 0.3) is 0 Å². The quantitative estimate of drug-likeness (QED) is 0.916. The topological polar surface area (TPSA) is 61.4 Å². The van der Waals surface area contributed by atoms with E-state index in [9.17, 15) is 4.79 Å². The highest BCUT2D eigenvalue weighted by atomic mass is 16.2. The van der Waals surface area contributed by atoms with Crippen molar-refractivity contribution in [1.29, 1.82) is 0 Å². The summed E-state index contributed by atoms with van der Waals surface area (Å²) in [7, 11) is 4.06. The number of aromatic nitrogens is 2. The molecule has 1 atom stereocenters. The summed E-state index contributed by atoms with van der Waals surface area (Å²) in [5, 5.41) is 3.25. The highest BCUT2D eigenvalue weighted by Gasteiger charge is 2.29. The maximum Gasteiger partial charge on any atom is 0.225 e. The Morgan fingerprint density at radius 1 is 1.29 bits per heavy atom. The normalized spacial score (nSPS) is 21.7. The van der Waals surface area contributed by atoms with Crippen molar-refractivity contribution in [2.45, 2.75) is 45.6 Å². The molecule has 0 aromatic carbocycles. The molecule has 0 unspecified atom stereocenters. The first-order valence-electron chi connectivity index (χ1n) is 9.04. The van der Waals surface area contributed by atoms with Crippen LogP contribution in [-0.4, -0.2) is 59.4 Å².